The summed E-state index contributed by atoms with van der Waals surface area (Å²) in [5.41, 5.74) is 7.52. The third kappa shape index (κ3) is 2.99. The molecule has 3 heterocycles. The first-order valence-electron chi connectivity index (χ1n) is 8.51. The number of guanidine groups is 1. The zero-order valence-electron chi connectivity index (χ0n) is 14.4. The molecular weight excluding hydrogens is 301 g/mol. The highest BCUT2D eigenvalue weighted by Crippen LogP contribution is 2.42. The molecule has 1 amide bonds. The number of anilines is 1. The van der Waals surface area contributed by atoms with Gasteiger partial charge in [0.2, 0.25) is 5.91 Å². The molecule has 3 rings (SSSR count). The van der Waals surface area contributed by atoms with E-state index in [0.717, 1.165) is 38.0 Å². The van der Waals surface area contributed by atoms with Crippen molar-refractivity contribution in [3.63, 3.8) is 0 Å². The minimum atomic E-state index is -0.0619. The van der Waals surface area contributed by atoms with Gasteiger partial charge in [0, 0.05) is 37.4 Å². The molecule has 1 aromatic rings. The summed E-state index contributed by atoms with van der Waals surface area (Å²) < 4.78 is 0. The minimum absolute atomic E-state index is 0.0438. The second-order valence-corrected chi connectivity index (χ2v) is 6.84. The van der Waals surface area contributed by atoms with Gasteiger partial charge in [-0.2, -0.15) is 0 Å². The first-order valence-corrected chi connectivity index (χ1v) is 8.51. The number of aromatic nitrogens is 1. The Kier molecular flexibility index (Phi) is 4.52. The van der Waals surface area contributed by atoms with Gasteiger partial charge in [0.05, 0.1) is 12.5 Å². The highest BCUT2D eigenvalue weighted by Gasteiger charge is 2.44. The van der Waals surface area contributed by atoms with Gasteiger partial charge in [-0.15, -0.1) is 0 Å². The molecule has 0 saturated carbocycles. The number of piperidine rings is 1. The van der Waals surface area contributed by atoms with Crippen molar-refractivity contribution in [2.75, 3.05) is 25.0 Å². The lowest BCUT2D eigenvalue weighted by Gasteiger charge is -2.48. The van der Waals surface area contributed by atoms with Gasteiger partial charge in [0.1, 0.15) is 7.85 Å². The van der Waals surface area contributed by atoms with Crippen LogP contribution in [-0.4, -0.2) is 55.8 Å². The van der Waals surface area contributed by atoms with Crippen LogP contribution in [0.2, 0.25) is 0 Å². The Morgan fingerprint density at radius 1 is 1.50 bits per heavy atom. The van der Waals surface area contributed by atoms with Crippen LogP contribution in [0.5, 0.6) is 0 Å². The zero-order chi connectivity index (χ0) is 17.3. The van der Waals surface area contributed by atoms with Gasteiger partial charge in [0.15, 0.2) is 5.96 Å². The van der Waals surface area contributed by atoms with Crippen molar-refractivity contribution < 1.29 is 4.79 Å². The lowest BCUT2D eigenvalue weighted by atomic mass is 9.70. The Morgan fingerprint density at radius 3 is 2.96 bits per heavy atom. The van der Waals surface area contributed by atoms with Gasteiger partial charge in [0.25, 0.3) is 0 Å². The fourth-order valence-electron chi connectivity index (χ4n) is 3.89. The van der Waals surface area contributed by atoms with Gasteiger partial charge >= 0.3 is 0 Å². The van der Waals surface area contributed by atoms with E-state index in [1.54, 1.807) is 13.2 Å². The predicted molar refractivity (Wildman–Crippen MR) is 96.6 cm³/mol. The largest absolute Gasteiger partial charge is 0.371 e. The molecule has 0 bridgehead atoms. The van der Waals surface area contributed by atoms with Crippen molar-refractivity contribution in [3.05, 3.63) is 18.3 Å². The fraction of sp³-hybridized carbons (Fsp3) is 0.588. The molecule has 2 aliphatic rings. The van der Waals surface area contributed by atoms with E-state index in [2.05, 4.69) is 21.8 Å². The van der Waals surface area contributed by atoms with E-state index < -0.39 is 0 Å². The highest BCUT2D eigenvalue weighted by molar-refractivity contribution is 6.30. The van der Waals surface area contributed by atoms with E-state index >= 15 is 0 Å². The molecule has 0 aromatic carbocycles. The number of hydrogen-bond acceptors (Lipinski definition) is 5. The number of pyridine rings is 1. The average Bonchev–Trinajstić information content (AvgIpc) is 2.59. The third-order valence-corrected chi connectivity index (χ3v) is 5.52. The summed E-state index contributed by atoms with van der Waals surface area (Å²) in [6, 6.07) is 3.83. The summed E-state index contributed by atoms with van der Waals surface area (Å²) in [4.78, 5) is 24.8. The Morgan fingerprint density at radius 2 is 2.29 bits per heavy atom. The van der Waals surface area contributed by atoms with Crippen molar-refractivity contribution in [1.29, 1.82) is 0 Å². The standard InChI is InChI=1S/C17H24BN5O/c1-3-17(13-10-15(24)22(2)16(19)21-13)6-4-8-23(11-17)12-5-7-20-14(18)9-12/h5,7,9,13H,3-4,6,8,10-11H2,1-2H3,(H2,19,21)/t13-,17?/m0/s1. The number of nitrogens with zero attached hydrogens (tertiary/aromatic N) is 4. The van der Waals surface area contributed by atoms with Crippen LogP contribution >= 0.6 is 0 Å². The van der Waals surface area contributed by atoms with E-state index in [9.17, 15) is 4.79 Å². The highest BCUT2D eigenvalue weighted by atomic mass is 16.2. The summed E-state index contributed by atoms with van der Waals surface area (Å²) in [6.45, 7) is 4.01. The molecule has 0 spiro atoms. The number of hydrogen-bond donors (Lipinski definition) is 1. The molecule has 1 fully saturated rings. The van der Waals surface area contributed by atoms with E-state index in [0.29, 0.717) is 18.0 Å². The number of carbonyl (C=O) groups excluding carboxylic acids is 1. The maximum Gasteiger partial charge on any atom is 0.231 e. The lowest BCUT2D eigenvalue weighted by Crippen LogP contribution is -2.54. The third-order valence-electron chi connectivity index (χ3n) is 5.52. The van der Waals surface area contributed by atoms with Gasteiger partial charge in [-0.25, -0.2) is 4.99 Å². The van der Waals surface area contributed by atoms with Crippen molar-refractivity contribution >= 4 is 31.0 Å². The quantitative estimate of drug-likeness (QED) is 0.817. The van der Waals surface area contributed by atoms with Gasteiger partial charge in [-0.3, -0.25) is 14.7 Å². The van der Waals surface area contributed by atoms with Crippen molar-refractivity contribution in [1.82, 2.24) is 9.88 Å². The van der Waals surface area contributed by atoms with E-state index in [4.69, 9.17) is 13.6 Å². The first kappa shape index (κ1) is 16.8. The van der Waals surface area contributed by atoms with Crippen LogP contribution in [0.1, 0.15) is 32.6 Å². The summed E-state index contributed by atoms with van der Waals surface area (Å²) in [5, 5.41) is 0. The molecule has 2 radical (unpaired) electrons. The van der Waals surface area contributed by atoms with Gasteiger partial charge in [-0.1, -0.05) is 6.92 Å². The lowest BCUT2D eigenvalue weighted by molar-refractivity contribution is -0.128. The number of aliphatic imine (C=N–C) groups is 1. The summed E-state index contributed by atoms with van der Waals surface area (Å²) in [7, 11) is 7.52. The van der Waals surface area contributed by atoms with E-state index in [-0.39, 0.29) is 17.4 Å². The van der Waals surface area contributed by atoms with Crippen molar-refractivity contribution in [3.8, 4) is 0 Å². The molecule has 0 aliphatic carbocycles. The molecule has 7 heteroatoms. The minimum Gasteiger partial charge on any atom is -0.371 e. The SMILES string of the molecule is [B]c1cc(N2CCCC(CC)([C@@H]3CC(=O)N(C)C(N)=N3)C2)ccn1. The Hall–Kier alpha value is -2.05. The summed E-state index contributed by atoms with van der Waals surface area (Å²) in [5.74, 6) is 0.375. The fourth-order valence-corrected chi connectivity index (χ4v) is 3.89. The number of nitrogens with two attached hydrogens (primary N) is 1. The number of rotatable bonds is 3. The average molecular weight is 325 g/mol. The molecular formula is C17H24BN5O. The zero-order valence-corrected chi connectivity index (χ0v) is 14.4. The molecule has 2 atom stereocenters. The molecule has 1 aromatic heterocycles. The normalized spacial score (nSPS) is 28.0. The van der Waals surface area contributed by atoms with Crippen LogP contribution in [0.4, 0.5) is 5.69 Å². The van der Waals surface area contributed by atoms with Crippen molar-refractivity contribution in [2.45, 2.75) is 38.6 Å². The van der Waals surface area contributed by atoms with Crippen LogP contribution in [0.25, 0.3) is 0 Å². The van der Waals surface area contributed by atoms with Crippen LogP contribution in [0, 0.1) is 5.41 Å². The van der Waals surface area contributed by atoms with Crippen LogP contribution in [0.15, 0.2) is 23.3 Å². The molecule has 2 aliphatic heterocycles. The van der Waals surface area contributed by atoms with E-state index in [1.807, 2.05) is 12.1 Å². The van der Waals surface area contributed by atoms with Gasteiger partial charge < -0.3 is 10.6 Å². The molecule has 24 heavy (non-hydrogen) atoms. The Balaban J connectivity index is 1.88. The second kappa shape index (κ2) is 6.45. The molecule has 1 unspecified atom stereocenters. The van der Waals surface area contributed by atoms with Crippen LogP contribution in [0.3, 0.4) is 0 Å². The number of amides is 1. The maximum atomic E-state index is 12.2. The maximum absolute atomic E-state index is 12.2. The van der Waals surface area contributed by atoms with Gasteiger partial charge in [-0.05, 0) is 37.0 Å². The topological polar surface area (TPSA) is 74.8 Å². The van der Waals surface area contributed by atoms with Crippen LogP contribution in [-0.2, 0) is 4.79 Å². The molecule has 6 nitrogen and oxygen atoms in total. The Labute approximate surface area is 144 Å². The first-order chi connectivity index (χ1) is 11.4. The Bertz CT molecular complexity index is 664. The molecule has 126 valence electrons. The van der Waals surface area contributed by atoms with E-state index in [1.165, 1.54) is 4.90 Å². The smallest absolute Gasteiger partial charge is 0.231 e. The summed E-state index contributed by atoms with van der Waals surface area (Å²) >= 11 is 0. The molecule has 1 saturated heterocycles. The monoisotopic (exact) mass is 325 g/mol. The summed E-state index contributed by atoms with van der Waals surface area (Å²) in [6.07, 6.45) is 5.24. The predicted octanol–water partition coefficient (Wildman–Crippen LogP) is 0.417. The van der Waals surface area contributed by atoms with Crippen LogP contribution < -0.4 is 16.2 Å². The second-order valence-electron chi connectivity index (χ2n) is 6.84. The molecule has 2 N–H and O–H groups in total. The number of carbonyl (C=O) groups is 1. The van der Waals surface area contributed by atoms with Crippen molar-refractivity contribution in [2.24, 2.45) is 16.1 Å².